The summed E-state index contributed by atoms with van der Waals surface area (Å²) in [6.45, 7) is 6.52. The molecule has 0 saturated carbocycles. The Hall–Kier alpha value is -1.65. The molecule has 106 valence electrons. The van der Waals surface area contributed by atoms with Crippen LogP contribution in [0.3, 0.4) is 0 Å². The molecule has 1 heterocycles. The third kappa shape index (κ3) is 3.46. The van der Waals surface area contributed by atoms with E-state index in [-0.39, 0.29) is 0 Å². The third-order valence-electron chi connectivity index (χ3n) is 2.88. The van der Waals surface area contributed by atoms with Gasteiger partial charge in [-0.3, -0.25) is 0 Å². The number of hydrogen-bond acceptors (Lipinski definition) is 4. The van der Waals surface area contributed by atoms with E-state index in [9.17, 15) is 0 Å². The van der Waals surface area contributed by atoms with Crippen LogP contribution in [-0.4, -0.2) is 9.97 Å². The summed E-state index contributed by atoms with van der Waals surface area (Å²) >= 11 is 6.16. The van der Waals surface area contributed by atoms with E-state index in [1.165, 1.54) is 0 Å². The van der Waals surface area contributed by atoms with Crippen LogP contribution in [-0.2, 0) is 6.54 Å². The van der Waals surface area contributed by atoms with E-state index in [1.54, 1.807) is 12.1 Å². The Morgan fingerprint density at radius 1 is 1.25 bits per heavy atom. The van der Waals surface area contributed by atoms with Crippen molar-refractivity contribution in [2.45, 2.75) is 33.2 Å². The lowest BCUT2D eigenvalue weighted by Crippen LogP contribution is -2.01. The lowest BCUT2D eigenvalue weighted by atomic mass is 10.1. The van der Waals surface area contributed by atoms with Crippen molar-refractivity contribution in [3.63, 3.8) is 0 Å². The summed E-state index contributed by atoms with van der Waals surface area (Å²) in [6, 6.07) is 7.72. The summed E-state index contributed by atoms with van der Waals surface area (Å²) in [4.78, 5) is 8.67. The first-order chi connectivity index (χ1) is 9.49. The maximum absolute atomic E-state index is 6.16. The highest BCUT2D eigenvalue weighted by Crippen LogP contribution is 2.29. The molecular formula is C15H18ClN3O. The van der Waals surface area contributed by atoms with Crippen molar-refractivity contribution < 1.29 is 4.74 Å². The van der Waals surface area contributed by atoms with Gasteiger partial charge in [0.15, 0.2) is 0 Å². The number of halogens is 1. The van der Waals surface area contributed by atoms with Crippen molar-refractivity contribution >= 4 is 11.6 Å². The van der Waals surface area contributed by atoms with Gasteiger partial charge in [0, 0.05) is 12.2 Å². The second-order valence-corrected chi connectivity index (χ2v) is 5.35. The third-order valence-corrected chi connectivity index (χ3v) is 3.17. The smallest absolute Gasteiger partial charge is 0.322 e. The zero-order valence-electron chi connectivity index (χ0n) is 11.9. The van der Waals surface area contributed by atoms with Gasteiger partial charge in [-0.1, -0.05) is 31.5 Å². The van der Waals surface area contributed by atoms with Crippen LogP contribution in [0.5, 0.6) is 11.8 Å². The van der Waals surface area contributed by atoms with Gasteiger partial charge in [0.2, 0.25) is 0 Å². The topological polar surface area (TPSA) is 61.0 Å². The molecule has 0 aliphatic carbocycles. The summed E-state index contributed by atoms with van der Waals surface area (Å²) < 4.78 is 5.69. The number of rotatable bonds is 4. The van der Waals surface area contributed by atoms with Gasteiger partial charge in [-0.15, -0.1) is 0 Å². The van der Waals surface area contributed by atoms with Gasteiger partial charge in [-0.25, -0.2) is 4.98 Å². The van der Waals surface area contributed by atoms with Crippen LogP contribution >= 0.6 is 11.6 Å². The minimum atomic E-state index is 0.314. The molecule has 2 rings (SSSR count). The van der Waals surface area contributed by atoms with Crippen LogP contribution < -0.4 is 10.5 Å². The highest BCUT2D eigenvalue weighted by molar-refractivity contribution is 6.32. The molecule has 0 aliphatic rings. The fourth-order valence-electron chi connectivity index (χ4n) is 1.76. The Morgan fingerprint density at radius 3 is 2.60 bits per heavy atom. The zero-order valence-corrected chi connectivity index (χ0v) is 12.6. The van der Waals surface area contributed by atoms with Gasteiger partial charge >= 0.3 is 6.01 Å². The first-order valence-electron chi connectivity index (χ1n) is 6.51. The van der Waals surface area contributed by atoms with Crippen LogP contribution in [0.4, 0.5) is 0 Å². The fourth-order valence-corrected chi connectivity index (χ4v) is 2.00. The summed E-state index contributed by atoms with van der Waals surface area (Å²) in [5.74, 6) is 0.846. The number of aromatic nitrogens is 2. The Bertz CT molecular complexity index is 614. The monoisotopic (exact) mass is 291 g/mol. The van der Waals surface area contributed by atoms with Crippen LogP contribution in [0.25, 0.3) is 0 Å². The number of aryl methyl sites for hydroxylation is 1. The molecule has 0 radical (unpaired) electrons. The lowest BCUT2D eigenvalue weighted by Gasteiger charge is -2.10. The summed E-state index contributed by atoms with van der Waals surface area (Å²) in [7, 11) is 0. The van der Waals surface area contributed by atoms with Gasteiger partial charge in [0.25, 0.3) is 0 Å². The van der Waals surface area contributed by atoms with Gasteiger partial charge in [0.1, 0.15) is 5.75 Å². The van der Waals surface area contributed by atoms with Crippen LogP contribution in [0, 0.1) is 6.92 Å². The van der Waals surface area contributed by atoms with Crippen molar-refractivity contribution in [3.05, 3.63) is 46.2 Å². The molecule has 1 aromatic heterocycles. The van der Waals surface area contributed by atoms with Crippen molar-refractivity contribution in [3.8, 4) is 11.8 Å². The van der Waals surface area contributed by atoms with Crippen molar-refractivity contribution in [2.75, 3.05) is 0 Å². The molecule has 0 amide bonds. The van der Waals surface area contributed by atoms with E-state index >= 15 is 0 Å². The predicted molar refractivity (Wildman–Crippen MR) is 80.3 cm³/mol. The summed E-state index contributed by atoms with van der Waals surface area (Å²) in [5.41, 5.74) is 8.34. The molecule has 0 aliphatic heterocycles. The highest BCUT2D eigenvalue weighted by atomic mass is 35.5. The SMILES string of the molecule is Cc1cc(C(C)C)nc(Oc2ccc(CN)cc2Cl)n1. The molecule has 0 spiro atoms. The summed E-state index contributed by atoms with van der Waals surface area (Å²) in [5, 5.41) is 0.504. The molecule has 5 heteroatoms. The van der Waals surface area contributed by atoms with Gasteiger partial charge < -0.3 is 10.5 Å². The Balaban J connectivity index is 2.30. The molecule has 0 bridgehead atoms. The first-order valence-corrected chi connectivity index (χ1v) is 6.89. The van der Waals surface area contributed by atoms with Crippen LogP contribution in [0.1, 0.15) is 36.7 Å². The molecule has 2 N–H and O–H groups in total. The normalized spacial score (nSPS) is 10.9. The van der Waals surface area contributed by atoms with Gasteiger partial charge in [-0.05, 0) is 36.6 Å². The van der Waals surface area contributed by atoms with Gasteiger partial charge in [-0.2, -0.15) is 4.98 Å². The molecule has 2 aromatic rings. The number of ether oxygens (including phenoxy) is 1. The van der Waals surface area contributed by atoms with Gasteiger partial charge in [0.05, 0.1) is 10.7 Å². The number of benzene rings is 1. The molecule has 0 fully saturated rings. The molecular weight excluding hydrogens is 274 g/mol. The first kappa shape index (κ1) is 14.8. The predicted octanol–water partition coefficient (Wildman–Crippen LogP) is 3.81. The van der Waals surface area contributed by atoms with Crippen LogP contribution in [0.15, 0.2) is 24.3 Å². The minimum absolute atomic E-state index is 0.314. The number of nitrogens with zero attached hydrogens (tertiary/aromatic N) is 2. The quantitative estimate of drug-likeness (QED) is 0.930. The zero-order chi connectivity index (χ0) is 14.7. The molecule has 4 nitrogen and oxygen atoms in total. The largest absolute Gasteiger partial charge is 0.423 e. The Kier molecular flexibility index (Phi) is 4.57. The fraction of sp³-hybridized carbons (Fsp3) is 0.333. The van der Waals surface area contributed by atoms with E-state index < -0.39 is 0 Å². The van der Waals surface area contributed by atoms with E-state index in [4.69, 9.17) is 22.1 Å². The highest BCUT2D eigenvalue weighted by Gasteiger charge is 2.10. The second-order valence-electron chi connectivity index (χ2n) is 4.94. The van der Waals surface area contributed by atoms with Crippen molar-refractivity contribution in [1.82, 2.24) is 9.97 Å². The van der Waals surface area contributed by atoms with E-state index in [0.29, 0.717) is 29.2 Å². The maximum Gasteiger partial charge on any atom is 0.322 e. The minimum Gasteiger partial charge on any atom is -0.423 e. The van der Waals surface area contributed by atoms with Crippen molar-refractivity contribution in [2.24, 2.45) is 5.73 Å². The molecule has 0 saturated heterocycles. The number of nitrogens with two attached hydrogens (primary N) is 1. The molecule has 20 heavy (non-hydrogen) atoms. The van der Waals surface area contributed by atoms with E-state index in [1.807, 2.05) is 19.1 Å². The molecule has 0 unspecified atom stereocenters. The van der Waals surface area contributed by atoms with E-state index in [0.717, 1.165) is 17.0 Å². The molecule has 1 aromatic carbocycles. The maximum atomic E-state index is 6.16. The lowest BCUT2D eigenvalue weighted by molar-refractivity contribution is 0.436. The van der Waals surface area contributed by atoms with Crippen molar-refractivity contribution in [1.29, 1.82) is 0 Å². The average Bonchev–Trinajstić information content (AvgIpc) is 2.40. The standard InChI is InChI=1S/C15H18ClN3O/c1-9(2)13-6-10(3)18-15(19-13)20-14-5-4-11(8-17)7-12(14)16/h4-7,9H,8,17H2,1-3H3. The number of hydrogen-bond donors (Lipinski definition) is 1. The summed E-state index contributed by atoms with van der Waals surface area (Å²) in [6.07, 6.45) is 0. The Labute approximate surface area is 124 Å². The Morgan fingerprint density at radius 2 is 2.00 bits per heavy atom. The second kappa shape index (κ2) is 6.20. The molecule has 0 atom stereocenters. The van der Waals surface area contributed by atoms with E-state index in [2.05, 4.69) is 23.8 Å². The average molecular weight is 292 g/mol. The van der Waals surface area contributed by atoms with Crippen LogP contribution in [0.2, 0.25) is 5.02 Å².